The van der Waals surface area contributed by atoms with Crippen LogP contribution in [0.25, 0.3) is 11.0 Å². The predicted molar refractivity (Wildman–Crippen MR) is 81.0 cm³/mol. The molecule has 0 aliphatic rings. The SMILES string of the molecule is Nc1nc2c(C(=O)c3cc(Cl)cc(Cl)c3)c[nH]c2c(=O)[nH]1. The van der Waals surface area contributed by atoms with Crippen molar-refractivity contribution in [2.45, 2.75) is 0 Å². The fraction of sp³-hybridized carbons (Fsp3) is 0. The summed E-state index contributed by atoms with van der Waals surface area (Å²) in [7, 11) is 0. The number of nitrogens with one attached hydrogen (secondary N) is 2. The first-order chi connectivity index (χ1) is 9.95. The van der Waals surface area contributed by atoms with Crippen LogP contribution >= 0.6 is 23.2 Å². The van der Waals surface area contributed by atoms with Crippen molar-refractivity contribution in [1.29, 1.82) is 0 Å². The lowest BCUT2D eigenvalue weighted by Crippen LogP contribution is -2.11. The van der Waals surface area contributed by atoms with Crippen LogP contribution in [-0.4, -0.2) is 20.7 Å². The zero-order valence-corrected chi connectivity index (χ0v) is 11.9. The van der Waals surface area contributed by atoms with Crippen LogP contribution in [0.3, 0.4) is 0 Å². The summed E-state index contributed by atoms with van der Waals surface area (Å²) in [5, 5.41) is 0.687. The van der Waals surface area contributed by atoms with Gasteiger partial charge in [0.1, 0.15) is 11.0 Å². The van der Waals surface area contributed by atoms with Crippen molar-refractivity contribution in [1.82, 2.24) is 15.0 Å². The van der Waals surface area contributed by atoms with E-state index in [1.165, 1.54) is 24.4 Å². The number of fused-ring (bicyclic) bond motifs is 1. The van der Waals surface area contributed by atoms with E-state index < -0.39 is 5.56 Å². The van der Waals surface area contributed by atoms with Crippen LogP contribution in [0.4, 0.5) is 5.95 Å². The highest BCUT2D eigenvalue weighted by molar-refractivity contribution is 6.35. The standard InChI is InChI=1S/C13H8Cl2N4O2/c14-6-1-5(2-7(15)3-6)11(20)8-4-17-10-9(8)18-13(16)19-12(10)21/h1-4,17H,(H3,16,18,19,21). The van der Waals surface area contributed by atoms with Gasteiger partial charge in [0.15, 0.2) is 5.78 Å². The lowest BCUT2D eigenvalue weighted by molar-refractivity contribution is 0.104. The van der Waals surface area contributed by atoms with Gasteiger partial charge < -0.3 is 10.7 Å². The Morgan fingerprint density at radius 2 is 1.86 bits per heavy atom. The van der Waals surface area contributed by atoms with E-state index in [1.54, 1.807) is 0 Å². The molecule has 0 bridgehead atoms. The second-order valence-electron chi connectivity index (χ2n) is 4.36. The Balaban J connectivity index is 2.20. The fourth-order valence-electron chi connectivity index (χ4n) is 2.05. The largest absolute Gasteiger partial charge is 0.369 e. The van der Waals surface area contributed by atoms with Crippen LogP contribution in [0.5, 0.6) is 0 Å². The van der Waals surface area contributed by atoms with Gasteiger partial charge in [0.2, 0.25) is 5.95 Å². The van der Waals surface area contributed by atoms with Gasteiger partial charge in [0, 0.05) is 21.8 Å². The summed E-state index contributed by atoms with van der Waals surface area (Å²) < 4.78 is 0. The summed E-state index contributed by atoms with van der Waals surface area (Å²) in [5.74, 6) is -0.423. The molecular weight excluding hydrogens is 315 g/mol. The zero-order chi connectivity index (χ0) is 15.1. The molecule has 2 heterocycles. The number of hydrogen-bond acceptors (Lipinski definition) is 4. The Labute approximate surface area is 127 Å². The van der Waals surface area contributed by atoms with E-state index in [-0.39, 0.29) is 28.3 Å². The first-order valence-electron chi connectivity index (χ1n) is 5.83. The number of ketones is 1. The van der Waals surface area contributed by atoms with Crippen molar-refractivity contribution in [3.63, 3.8) is 0 Å². The molecule has 106 valence electrons. The van der Waals surface area contributed by atoms with Gasteiger partial charge in [-0.05, 0) is 18.2 Å². The minimum Gasteiger partial charge on any atom is -0.369 e. The number of H-pyrrole nitrogens is 2. The molecule has 0 aliphatic heterocycles. The van der Waals surface area contributed by atoms with E-state index in [0.29, 0.717) is 15.6 Å². The molecule has 0 fully saturated rings. The topological polar surface area (TPSA) is 105 Å². The molecular formula is C13H8Cl2N4O2. The molecule has 3 rings (SSSR count). The van der Waals surface area contributed by atoms with Gasteiger partial charge in [-0.1, -0.05) is 23.2 Å². The van der Waals surface area contributed by atoms with Crippen LogP contribution in [-0.2, 0) is 0 Å². The van der Waals surface area contributed by atoms with Crippen LogP contribution in [0, 0.1) is 0 Å². The summed E-state index contributed by atoms with van der Waals surface area (Å²) >= 11 is 11.8. The lowest BCUT2D eigenvalue weighted by Gasteiger charge is -2.02. The van der Waals surface area contributed by atoms with Crippen LogP contribution in [0.1, 0.15) is 15.9 Å². The molecule has 0 unspecified atom stereocenters. The number of nitrogens with two attached hydrogens (primary N) is 1. The van der Waals surface area contributed by atoms with Crippen LogP contribution < -0.4 is 11.3 Å². The van der Waals surface area contributed by atoms with E-state index in [1.807, 2.05) is 0 Å². The van der Waals surface area contributed by atoms with Crippen LogP contribution in [0.2, 0.25) is 10.0 Å². The fourth-order valence-corrected chi connectivity index (χ4v) is 2.57. The molecule has 0 radical (unpaired) electrons. The number of aromatic nitrogens is 3. The van der Waals surface area contributed by atoms with Gasteiger partial charge in [-0.15, -0.1) is 0 Å². The van der Waals surface area contributed by atoms with Crippen molar-refractivity contribution >= 4 is 46.0 Å². The zero-order valence-electron chi connectivity index (χ0n) is 10.4. The molecule has 8 heteroatoms. The molecule has 0 saturated carbocycles. The third kappa shape index (κ3) is 2.39. The molecule has 4 N–H and O–H groups in total. The predicted octanol–water partition coefficient (Wildman–Crippen LogP) is 2.37. The van der Waals surface area contributed by atoms with Gasteiger partial charge in [-0.25, -0.2) is 4.98 Å². The summed E-state index contributed by atoms with van der Waals surface area (Å²) in [6, 6.07) is 4.51. The number of nitrogens with zero attached hydrogens (tertiary/aromatic N) is 1. The van der Waals surface area contributed by atoms with Gasteiger partial charge in [0.25, 0.3) is 5.56 Å². The first kappa shape index (κ1) is 13.7. The molecule has 0 saturated heterocycles. The maximum atomic E-state index is 12.5. The molecule has 1 aromatic carbocycles. The number of rotatable bonds is 2. The number of carbonyl (C=O) groups is 1. The molecule has 0 atom stereocenters. The molecule has 3 aromatic rings. The lowest BCUT2D eigenvalue weighted by atomic mass is 10.1. The Morgan fingerprint density at radius 3 is 2.52 bits per heavy atom. The second-order valence-corrected chi connectivity index (χ2v) is 5.24. The summed E-state index contributed by atoms with van der Waals surface area (Å²) in [5.41, 5.74) is 5.97. The Hall–Kier alpha value is -2.31. The molecule has 0 spiro atoms. The Bertz CT molecular complexity index is 909. The number of anilines is 1. The van der Waals surface area contributed by atoms with E-state index in [0.717, 1.165) is 0 Å². The minimum absolute atomic E-state index is 0.0646. The maximum Gasteiger partial charge on any atom is 0.276 e. The van der Waals surface area contributed by atoms with E-state index in [9.17, 15) is 9.59 Å². The summed E-state index contributed by atoms with van der Waals surface area (Å²) in [6.45, 7) is 0. The minimum atomic E-state index is -0.444. The smallest absolute Gasteiger partial charge is 0.276 e. The van der Waals surface area contributed by atoms with Crippen molar-refractivity contribution < 1.29 is 4.79 Å². The first-order valence-corrected chi connectivity index (χ1v) is 6.59. The van der Waals surface area contributed by atoms with Gasteiger partial charge in [-0.3, -0.25) is 14.6 Å². The second kappa shape index (κ2) is 4.91. The number of aromatic amines is 2. The number of nitrogen functional groups attached to an aromatic ring is 1. The third-order valence-electron chi connectivity index (χ3n) is 2.92. The Kier molecular flexibility index (Phi) is 3.19. The maximum absolute atomic E-state index is 12.5. The van der Waals surface area contributed by atoms with Crippen molar-refractivity contribution in [2.75, 3.05) is 5.73 Å². The molecule has 0 amide bonds. The van der Waals surface area contributed by atoms with Crippen molar-refractivity contribution in [3.05, 3.63) is 55.9 Å². The number of hydrogen-bond donors (Lipinski definition) is 3. The molecule has 21 heavy (non-hydrogen) atoms. The highest BCUT2D eigenvalue weighted by atomic mass is 35.5. The van der Waals surface area contributed by atoms with Gasteiger partial charge in [0.05, 0.1) is 5.56 Å². The molecule has 2 aromatic heterocycles. The highest BCUT2D eigenvalue weighted by Crippen LogP contribution is 2.23. The van der Waals surface area contributed by atoms with Gasteiger partial charge in [-0.2, -0.15) is 0 Å². The van der Waals surface area contributed by atoms with Gasteiger partial charge >= 0.3 is 0 Å². The normalized spacial score (nSPS) is 11.0. The molecule has 6 nitrogen and oxygen atoms in total. The summed E-state index contributed by atoms with van der Waals surface area (Å²) in [4.78, 5) is 33.3. The van der Waals surface area contributed by atoms with Crippen molar-refractivity contribution in [2.24, 2.45) is 0 Å². The van der Waals surface area contributed by atoms with E-state index >= 15 is 0 Å². The summed E-state index contributed by atoms with van der Waals surface area (Å²) in [6.07, 6.45) is 1.41. The monoisotopic (exact) mass is 322 g/mol. The number of halogens is 2. The average molecular weight is 323 g/mol. The number of benzene rings is 1. The average Bonchev–Trinajstić information content (AvgIpc) is 2.80. The number of carbonyl (C=O) groups excluding carboxylic acids is 1. The molecule has 0 aliphatic carbocycles. The van der Waals surface area contributed by atoms with E-state index in [4.69, 9.17) is 28.9 Å². The van der Waals surface area contributed by atoms with E-state index in [2.05, 4.69) is 15.0 Å². The highest BCUT2D eigenvalue weighted by Gasteiger charge is 2.18. The quantitative estimate of drug-likeness (QED) is 0.630. The van der Waals surface area contributed by atoms with Crippen LogP contribution in [0.15, 0.2) is 29.2 Å². The third-order valence-corrected chi connectivity index (χ3v) is 3.36. The van der Waals surface area contributed by atoms with Crippen molar-refractivity contribution in [3.8, 4) is 0 Å². The Morgan fingerprint density at radius 1 is 1.19 bits per heavy atom.